The quantitative estimate of drug-likeness (QED) is 0.504. The largest absolute Gasteiger partial charge is 0.257 e. The Bertz CT molecular complexity index is 1230. The standard InChI is InChI=1S/C19H17N7/c1-12-11-21-13(2)17-10-14(23-26(12)17)5-6-18-22-19-15-4-3-8-20-16(15)7-9-25(19)24-18/h3-4,7-11H,5-6H2,1-2H3. The van der Waals surface area contributed by atoms with Crippen LogP contribution in [-0.4, -0.2) is 34.2 Å². The molecule has 0 aliphatic carbocycles. The zero-order valence-electron chi connectivity index (χ0n) is 14.6. The van der Waals surface area contributed by atoms with Crippen LogP contribution in [0, 0.1) is 13.8 Å². The van der Waals surface area contributed by atoms with E-state index in [9.17, 15) is 0 Å². The monoisotopic (exact) mass is 343 g/mol. The zero-order chi connectivity index (χ0) is 17.7. The molecule has 0 amide bonds. The lowest BCUT2D eigenvalue weighted by Crippen LogP contribution is -1.98. The van der Waals surface area contributed by atoms with E-state index in [1.54, 1.807) is 6.20 Å². The second kappa shape index (κ2) is 5.59. The van der Waals surface area contributed by atoms with Gasteiger partial charge in [-0.2, -0.15) is 10.2 Å². The van der Waals surface area contributed by atoms with Gasteiger partial charge in [0, 0.05) is 30.4 Å². The van der Waals surface area contributed by atoms with Gasteiger partial charge < -0.3 is 0 Å². The summed E-state index contributed by atoms with van der Waals surface area (Å²) in [5.41, 5.74) is 5.87. The summed E-state index contributed by atoms with van der Waals surface area (Å²) < 4.78 is 3.77. The van der Waals surface area contributed by atoms with E-state index in [0.717, 1.165) is 57.8 Å². The molecular weight excluding hydrogens is 326 g/mol. The molecule has 5 aromatic rings. The topological polar surface area (TPSA) is 73.3 Å². The minimum absolute atomic E-state index is 0.735. The van der Waals surface area contributed by atoms with Crippen LogP contribution in [0.2, 0.25) is 0 Å². The van der Waals surface area contributed by atoms with Crippen molar-refractivity contribution in [3.63, 3.8) is 0 Å². The Morgan fingerprint density at radius 3 is 2.85 bits per heavy atom. The van der Waals surface area contributed by atoms with Gasteiger partial charge in [0.25, 0.3) is 0 Å². The van der Waals surface area contributed by atoms with Crippen LogP contribution in [0.25, 0.3) is 22.1 Å². The highest BCUT2D eigenvalue weighted by atomic mass is 15.3. The molecule has 0 unspecified atom stereocenters. The van der Waals surface area contributed by atoms with Crippen molar-refractivity contribution in [1.82, 2.24) is 34.2 Å². The van der Waals surface area contributed by atoms with Gasteiger partial charge in [0.05, 0.1) is 28.1 Å². The summed E-state index contributed by atoms with van der Waals surface area (Å²) >= 11 is 0. The van der Waals surface area contributed by atoms with E-state index in [1.807, 2.05) is 53.5 Å². The van der Waals surface area contributed by atoms with Crippen molar-refractivity contribution in [1.29, 1.82) is 0 Å². The predicted molar refractivity (Wildman–Crippen MR) is 98.2 cm³/mol. The van der Waals surface area contributed by atoms with Gasteiger partial charge in [0.1, 0.15) is 0 Å². The fraction of sp³-hybridized carbons (Fsp3) is 0.211. The first-order chi connectivity index (χ1) is 12.7. The highest BCUT2D eigenvalue weighted by molar-refractivity contribution is 5.90. The zero-order valence-corrected chi connectivity index (χ0v) is 14.6. The highest BCUT2D eigenvalue weighted by Crippen LogP contribution is 2.17. The molecule has 7 nitrogen and oxygen atoms in total. The molecule has 0 aliphatic rings. The second-order valence-electron chi connectivity index (χ2n) is 6.47. The van der Waals surface area contributed by atoms with Crippen molar-refractivity contribution in [3.05, 3.63) is 65.8 Å². The van der Waals surface area contributed by atoms with Crippen LogP contribution in [0.5, 0.6) is 0 Å². The van der Waals surface area contributed by atoms with Crippen LogP contribution in [0.4, 0.5) is 0 Å². The van der Waals surface area contributed by atoms with E-state index >= 15 is 0 Å². The van der Waals surface area contributed by atoms with Crippen molar-refractivity contribution in [2.75, 3.05) is 0 Å². The summed E-state index contributed by atoms with van der Waals surface area (Å²) in [5, 5.41) is 10.3. The fourth-order valence-electron chi connectivity index (χ4n) is 3.27. The lowest BCUT2D eigenvalue weighted by atomic mass is 10.2. The minimum atomic E-state index is 0.735. The molecule has 0 atom stereocenters. The molecule has 0 fully saturated rings. The van der Waals surface area contributed by atoms with E-state index in [0.29, 0.717) is 0 Å². The van der Waals surface area contributed by atoms with Gasteiger partial charge in [0.15, 0.2) is 11.5 Å². The van der Waals surface area contributed by atoms with Gasteiger partial charge >= 0.3 is 0 Å². The number of rotatable bonds is 3. The Balaban J connectivity index is 1.47. The highest BCUT2D eigenvalue weighted by Gasteiger charge is 2.11. The van der Waals surface area contributed by atoms with E-state index in [2.05, 4.69) is 21.1 Å². The van der Waals surface area contributed by atoms with Crippen LogP contribution < -0.4 is 0 Å². The molecular formula is C19H17N7. The van der Waals surface area contributed by atoms with E-state index < -0.39 is 0 Å². The summed E-state index contributed by atoms with van der Waals surface area (Å²) in [6, 6.07) is 8.01. The SMILES string of the molecule is Cc1ncc(C)n2nc(CCc3nc4c5cccnc5ccn4n3)cc12. The first kappa shape index (κ1) is 14.9. The lowest BCUT2D eigenvalue weighted by molar-refractivity contribution is 0.792. The van der Waals surface area contributed by atoms with E-state index in [-0.39, 0.29) is 0 Å². The van der Waals surface area contributed by atoms with Gasteiger partial charge in [-0.05, 0) is 44.5 Å². The number of nitrogens with zero attached hydrogens (tertiary/aromatic N) is 7. The number of hydrogen-bond acceptors (Lipinski definition) is 5. The molecule has 5 heterocycles. The van der Waals surface area contributed by atoms with Crippen molar-refractivity contribution < 1.29 is 0 Å². The summed E-state index contributed by atoms with van der Waals surface area (Å²) in [6.45, 7) is 4.02. The van der Waals surface area contributed by atoms with E-state index in [1.165, 1.54) is 0 Å². The second-order valence-corrected chi connectivity index (χ2v) is 6.47. The number of fused-ring (bicyclic) bond motifs is 4. The van der Waals surface area contributed by atoms with Crippen molar-refractivity contribution >= 4 is 22.1 Å². The maximum Gasteiger partial charge on any atom is 0.164 e. The molecule has 0 spiro atoms. The van der Waals surface area contributed by atoms with Crippen molar-refractivity contribution in [3.8, 4) is 0 Å². The van der Waals surface area contributed by atoms with Crippen LogP contribution in [0.3, 0.4) is 0 Å². The van der Waals surface area contributed by atoms with Gasteiger partial charge in [-0.1, -0.05) is 0 Å². The van der Waals surface area contributed by atoms with Crippen LogP contribution in [0.15, 0.2) is 42.9 Å². The third-order valence-corrected chi connectivity index (χ3v) is 4.64. The molecule has 0 aliphatic heterocycles. The van der Waals surface area contributed by atoms with E-state index in [4.69, 9.17) is 10.1 Å². The Morgan fingerprint density at radius 2 is 1.96 bits per heavy atom. The summed E-state index contributed by atoms with van der Waals surface area (Å²) in [4.78, 5) is 13.5. The fourth-order valence-corrected chi connectivity index (χ4v) is 3.27. The predicted octanol–water partition coefficient (Wildman–Crippen LogP) is 2.72. The van der Waals surface area contributed by atoms with Crippen molar-refractivity contribution in [2.24, 2.45) is 0 Å². The van der Waals surface area contributed by atoms with Gasteiger partial charge in [-0.15, -0.1) is 0 Å². The molecule has 0 radical (unpaired) electrons. The minimum Gasteiger partial charge on any atom is -0.257 e. The average molecular weight is 343 g/mol. The van der Waals surface area contributed by atoms with Crippen LogP contribution in [0.1, 0.15) is 22.9 Å². The maximum absolute atomic E-state index is 4.71. The van der Waals surface area contributed by atoms with Crippen molar-refractivity contribution in [2.45, 2.75) is 26.7 Å². The Hall–Kier alpha value is -3.35. The molecule has 26 heavy (non-hydrogen) atoms. The Kier molecular flexibility index (Phi) is 3.21. The van der Waals surface area contributed by atoms with Crippen LogP contribution >= 0.6 is 0 Å². The molecule has 0 saturated carbocycles. The number of pyridine rings is 2. The van der Waals surface area contributed by atoms with Crippen LogP contribution in [-0.2, 0) is 12.8 Å². The van der Waals surface area contributed by atoms with Gasteiger partial charge in [0.2, 0.25) is 0 Å². The molecule has 7 heteroatoms. The lowest BCUT2D eigenvalue weighted by Gasteiger charge is -1.99. The molecule has 5 rings (SSSR count). The molecule has 0 aromatic carbocycles. The Labute approximate surface area is 149 Å². The number of hydrogen-bond donors (Lipinski definition) is 0. The van der Waals surface area contributed by atoms with Gasteiger partial charge in [-0.3, -0.25) is 9.97 Å². The third-order valence-electron chi connectivity index (χ3n) is 4.64. The molecule has 0 N–H and O–H groups in total. The summed E-state index contributed by atoms with van der Waals surface area (Å²) in [5.74, 6) is 0.810. The molecule has 0 saturated heterocycles. The molecule has 5 aromatic heterocycles. The smallest absolute Gasteiger partial charge is 0.164 e. The third kappa shape index (κ3) is 2.32. The number of aromatic nitrogens is 7. The molecule has 0 bridgehead atoms. The average Bonchev–Trinajstić information content (AvgIpc) is 3.28. The Morgan fingerprint density at radius 1 is 1.04 bits per heavy atom. The maximum atomic E-state index is 4.71. The summed E-state index contributed by atoms with van der Waals surface area (Å²) in [7, 11) is 0. The summed E-state index contributed by atoms with van der Waals surface area (Å²) in [6.07, 6.45) is 7.07. The molecule has 128 valence electrons. The first-order valence-corrected chi connectivity index (χ1v) is 8.59. The first-order valence-electron chi connectivity index (χ1n) is 8.59. The normalized spacial score (nSPS) is 11.8. The number of aryl methyl sites for hydroxylation is 4. The van der Waals surface area contributed by atoms with Gasteiger partial charge in [-0.25, -0.2) is 14.0 Å².